The number of amides is 4. The number of aromatic nitrogens is 2. The van der Waals surface area contributed by atoms with Gasteiger partial charge < -0.3 is 15.8 Å². The molecule has 1 heterocycles. The highest BCUT2D eigenvalue weighted by atomic mass is 19.4. The molecule has 0 aliphatic rings. The Morgan fingerprint density at radius 3 is 2.28 bits per heavy atom. The van der Waals surface area contributed by atoms with Crippen molar-refractivity contribution in [2.24, 2.45) is 0 Å². The number of hydrogen-bond donors (Lipinski definition) is 3. The topological polar surface area (TPSA) is 158 Å². The molecule has 1 aromatic rings. The molecule has 1 aromatic heterocycles. The summed E-state index contributed by atoms with van der Waals surface area (Å²) >= 11 is 0. The first-order valence-electron chi connectivity index (χ1n) is 9.48. The maximum atomic E-state index is 13.2. The van der Waals surface area contributed by atoms with Crippen molar-refractivity contribution in [3.05, 3.63) is 20.8 Å². The second-order valence-electron chi connectivity index (χ2n) is 6.41. The molecule has 0 atom stereocenters. The number of methoxy groups -OCH3 is 1. The molecule has 0 saturated heterocycles. The van der Waals surface area contributed by atoms with Crippen LogP contribution < -0.4 is 32.5 Å². The zero-order chi connectivity index (χ0) is 24.6. The fourth-order valence-corrected chi connectivity index (χ4v) is 2.70. The molecule has 12 nitrogen and oxygen atoms in total. The number of rotatable bonds is 9. The Morgan fingerprint density at radius 1 is 1.16 bits per heavy atom. The van der Waals surface area contributed by atoms with Gasteiger partial charge in [0, 0.05) is 26.7 Å². The van der Waals surface area contributed by atoms with E-state index in [0.29, 0.717) is 4.57 Å². The minimum atomic E-state index is -5.36. The Labute approximate surface area is 180 Å². The molecule has 0 spiro atoms. The van der Waals surface area contributed by atoms with Gasteiger partial charge in [0.25, 0.3) is 5.56 Å². The third-order valence-electron chi connectivity index (χ3n) is 4.06. The number of imide groups is 1. The van der Waals surface area contributed by atoms with Crippen LogP contribution in [0.15, 0.2) is 9.59 Å². The van der Waals surface area contributed by atoms with Gasteiger partial charge in [0.1, 0.15) is 12.4 Å². The van der Waals surface area contributed by atoms with E-state index in [0.717, 1.165) is 4.57 Å². The number of carbonyl (C=O) groups excluding carboxylic acids is 3. The Balaban J connectivity index is 3.68. The first-order chi connectivity index (χ1) is 14.9. The van der Waals surface area contributed by atoms with Crippen LogP contribution in [0.1, 0.15) is 20.3 Å². The highest BCUT2D eigenvalue weighted by Gasteiger charge is 2.44. The van der Waals surface area contributed by atoms with Crippen LogP contribution in [0.2, 0.25) is 0 Å². The summed E-state index contributed by atoms with van der Waals surface area (Å²) in [6, 6.07) is -0.899. The van der Waals surface area contributed by atoms with Crippen molar-refractivity contribution in [1.82, 2.24) is 19.8 Å². The molecule has 0 aliphatic heterocycles. The minimum absolute atomic E-state index is 0.0605. The molecule has 4 amide bonds. The molecule has 1 rings (SSSR count). The minimum Gasteiger partial charge on any atom is -0.383 e. The number of carbonyl (C=O) groups is 3. The lowest BCUT2D eigenvalue weighted by Gasteiger charge is -2.26. The number of nitrogens with zero attached hydrogens (tertiary/aromatic N) is 3. The monoisotopic (exact) mass is 466 g/mol. The van der Waals surface area contributed by atoms with Gasteiger partial charge >= 0.3 is 23.8 Å². The third kappa shape index (κ3) is 6.32. The van der Waals surface area contributed by atoms with E-state index >= 15 is 0 Å². The first-order valence-corrected chi connectivity index (χ1v) is 9.48. The van der Waals surface area contributed by atoms with Gasteiger partial charge in [0.2, 0.25) is 5.91 Å². The number of anilines is 2. The summed E-state index contributed by atoms with van der Waals surface area (Å²) in [6.45, 7) is 1.19. The Kier molecular flexibility index (Phi) is 9.43. The molecule has 0 bridgehead atoms. The van der Waals surface area contributed by atoms with Gasteiger partial charge in [-0.25, -0.2) is 14.2 Å². The van der Waals surface area contributed by atoms with E-state index in [-0.39, 0.29) is 31.0 Å². The van der Waals surface area contributed by atoms with Crippen molar-refractivity contribution in [1.29, 1.82) is 0 Å². The van der Waals surface area contributed by atoms with Crippen LogP contribution in [-0.2, 0) is 27.4 Å². The molecule has 0 fully saturated rings. The van der Waals surface area contributed by atoms with E-state index in [9.17, 15) is 37.1 Å². The largest absolute Gasteiger partial charge is 0.471 e. The van der Waals surface area contributed by atoms with Crippen LogP contribution in [0.5, 0.6) is 0 Å². The second-order valence-corrected chi connectivity index (χ2v) is 6.41. The van der Waals surface area contributed by atoms with Crippen molar-refractivity contribution >= 4 is 29.4 Å². The Hall–Kier alpha value is -3.36. The quantitative estimate of drug-likeness (QED) is 0.438. The number of nitrogens with two attached hydrogens (primary N) is 1. The Morgan fingerprint density at radius 2 is 1.78 bits per heavy atom. The van der Waals surface area contributed by atoms with Crippen LogP contribution in [0.4, 0.5) is 29.5 Å². The molecule has 32 heavy (non-hydrogen) atoms. The zero-order valence-corrected chi connectivity index (χ0v) is 17.7. The van der Waals surface area contributed by atoms with E-state index in [1.807, 2.05) is 5.32 Å². The van der Waals surface area contributed by atoms with E-state index < -0.39 is 59.9 Å². The van der Waals surface area contributed by atoms with Crippen molar-refractivity contribution < 1.29 is 32.3 Å². The number of ether oxygens (including phenoxy) is 1. The number of nitrogen functional groups attached to an aromatic ring is 1. The van der Waals surface area contributed by atoms with Crippen LogP contribution in [0.3, 0.4) is 0 Å². The van der Waals surface area contributed by atoms with Gasteiger partial charge in [-0.2, -0.15) is 13.2 Å². The number of halogens is 3. The summed E-state index contributed by atoms with van der Waals surface area (Å²) in [4.78, 5) is 61.3. The third-order valence-corrected chi connectivity index (χ3v) is 4.06. The molecule has 0 radical (unpaired) electrons. The summed E-state index contributed by atoms with van der Waals surface area (Å²) in [5.41, 5.74) is 2.41. The van der Waals surface area contributed by atoms with Gasteiger partial charge in [0.15, 0.2) is 5.69 Å². The standard InChI is InChI=1S/C17H25F3N6O6/c1-4-6-25-12(21)11(24(7-8-32-3)14(29)17(18,19)20)13(28)26(16(25)31)9-10(27)23-15(30)22-5-2/h4-9,21H2,1-3H3,(H2,22,23,27,30). The van der Waals surface area contributed by atoms with Gasteiger partial charge in [-0.1, -0.05) is 6.92 Å². The van der Waals surface area contributed by atoms with Gasteiger partial charge in [0.05, 0.1) is 6.61 Å². The average Bonchev–Trinajstić information content (AvgIpc) is 2.70. The lowest BCUT2D eigenvalue weighted by atomic mass is 10.3. The van der Waals surface area contributed by atoms with Crippen molar-refractivity contribution in [2.45, 2.75) is 39.5 Å². The van der Waals surface area contributed by atoms with Crippen molar-refractivity contribution in [3.63, 3.8) is 0 Å². The summed E-state index contributed by atoms with van der Waals surface area (Å²) in [5.74, 6) is -4.16. The van der Waals surface area contributed by atoms with Crippen molar-refractivity contribution in [3.8, 4) is 0 Å². The molecule has 0 aromatic carbocycles. The summed E-state index contributed by atoms with van der Waals surface area (Å²) < 4.78 is 45.3. The normalized spacial score (nSPS) is 11.2. The zero-order valence-electron chi connectivity index (χ0n) is 17.7. The van der Waals surface area contributed by atoms with E-state index in [2.05, 4.69) is 5.32 Å². The predicted octanol–water partition coefficient (Wildman–Crippen LogP) is -0.610. The average molecular weight is 466 g/mol. The molecular weight excluding hydrogens is 441 g/mol. The van der Waals surface area contributed by atoms with Gasteiger partial charge in [-0.3, -0.25) is 29.2 Å². The van der Waals surface area contributed by atoms with E-state index in [4.69, 9.17) is 10.5 Å². The molecule has 0 aliphatic carbocycles. The van der Waals surface area contributed by atoms with E-state index in [1.165, 1.54) is 7.11 Å². The maximum absolute atomic E-state index is 13.2. The summed E-state index contributed by atoms with van der Waals surface area (Å²) in [5, 5.41) is 4.13. The van der Waals surface area contributed by atoms with E-state index in [1.54, 1.807) is 13.8 Å². The van der Waals surface area contributed by atoms with Gasteiger partial charge in [-0.05, 0) is 13.3 Å². The lowest BCUT2D eigenvalue weighted by molar-refractivity contribution is -0.170. The van der Waals surface area contributed by atoms with Crippen LogP contribution in [0.25, 0.3) is 0 Å². The lowest BCUT2D eigenvalue weighted by Crippen LogP contribution is -2.51. The second kappa shape index (κ2) is 11.3. The fourth-order valence-electron chi connectivity index (χ4n) is 2.70. The van der Waals surface area contributed by atoms with Crippen LogP contribution >= 0.6 is 0 Å². The highest BCUT2D eigenvalue weighted by Crippen LogP contribution is 2.25. The molecule has 15 heteroatoms. The number of alkyl halides is 3. The molecule has 4 N–H and O–H groups in total. The SMILES string of the molecule is CCCn1c(N)c(N(CCOC)C(=O)C(F)(F)F)c(=O)n(CC(=O)NC(=O)NCC)c1=O. The first kappa shape index (κ1) is 26.7. The Bertz CT molecular complexity index is 971. The smallest absolute Gasteiger partial charge is 0.383 e. The predicted molar refractivity (Wildman–Crippen MR) is 107 cm³/mol. The van der Waals surface area contributed by atoms with Crippen molar-refractivity contribution in [2.75, 3.05) is 37.4 Å². The fraction of sp³-hybridized carbons (Fsp3) is 0.588. The number of nitrogens with one attached hydrogen (secondary N) is 2. The number of hydrogen-bond acceptors (Lipinski definition) is 7. The maximum Gasteiger partial charge on any atom is 0.471 e. The van der Waals surface area contributed by atoms with Gasteiger partial charge in [-0.15, -0.1) is 0 Å². The highest BCUT2D eigenvalue weighted by molar-refractivity contribution is 5.99. The summed E-state index contributed by atoms with van der Waals surface area (Å²) in [6.07, 6.45) is -5.07. The van der Waals surface area contributed by atoms with Crippen LogP contribution in [-0.4, -0.2) is 60.0 Å². The molecular formula is C17H25F3N6O6. The van der Waals surface area contributed by atoms with Crippen LogP contribution in [0, 0.1) is 0 Å². The number of urea groups is 1. The summed E-state index contributed by atoms with van der Waals surface area (Å²) in [7, 11) is 1.17. The molecule has 180 valence electrons. The molecule has 0 unspecified atom stereocenters. The molecule has 0 saturated carbocycles.